The van der Waals surface area contributed by atoms with Crippen LogP contribution in [0.5, 0.6) is 0 Å². The first-order valence-corrected chi connectivity index (χ1v) is 9.89. The maximum absolute atomic E-state index is 5.58. The number of aromatic nitrogens is 3. The number of thioether (sulfide) groups is 1. The van der Waals surface area contributed by atoms with Crippen LogP contribution in [0.25, 0.3) is 11.6 Å². The van der Waals surface area contributed by atoms with Gasteiger partial charge in [0.25, 0.3) is 0 Å². The number of nitrogens with zero attached hydrogens (tertiary/aromatic N) is 3. The second-order valence-corrected chi connectivity index (χ2v) is 7.52. The van der Waals surface area contributed by atoms with Gasteiger partial charge in [0.15, 0.2) is 10.9 Å². The molecule has 4 rings (SSSR count). The smallest absolute Gasteiger partial charge is 0.200 e. The van der Waals surface area contributed by atoms with Gasteiger partial charge in [-0.2, -0.15) is 0 Å². The van der Waals surface area contributed by atoms with Gasteiger partial charge >= 0.3 is 0 Å². The van der Waals surface area contributed by atoms with Gasteiger partial charge in [-0.1, -0.05) is 65.9 Å². The van der Waals surface area contributed by atoms with Gasteiger partial charge in [0.05, 0.1) is 12.8 Å². The van der Waals surface area contributed by atoms with E-state index in [1.165, 1.54) is 22.3 Å². The molecule has 2 heterocycles. The van der Waals surface area contributed by atoms with E-state index < -0.39 is 0 Å². The summed E-state index contributed by atoms with van der Waals surface area (Å²) in [6.45, 7) is 4.98. The first kappa shape index (κ1) is 17.6. The number of benzene rings is 2. The third-order valence-corrected chi connectivity index (χ3v) is 5.52. The fraction of sp³-hybridized carbons (Fsp3) is 0.182. The van der Waals surface area contributed by atoms with E-state index in [0.717, 1.165) is 22.5 Å². The van der Waals surface area contributed by atoms with E-state index in [-0.39, 0.29) is 0 Å². The molecule has 0 unspecified atom stereocenters. The van der Waals surface area contributed by atoms with Gasteiger partial charge in [0.1, 0.15) is 0 Å². The van der Waals surface area contributed by atoms with Crippen LogP contribution in [0.3, 0.4) is 0 Å². The molecule has 0 aliphatic carbocycles. The van der Waals surface area contributed by atoms with Gasteiger partial charge < -0.3 is 4.42 Å². The predicted octanol–water partition coefficient (Wildman–Crippen LogP) is 5.50. The van der Waals surface area contributed by atoms with Crippen LogP contribution in [0.2, 0.25) is 0 Å². The zero-order valence-electron chi connectivity index (χ0n) is 15.4. The minimum absolute atomic E-state index is 0.707. The fourth-order valence-electron chi connectivity index (χ4n) is 2.99. The Hall–Kier alpha value is -2.79. The maximum Gasteiger partial charge on any atom is 0.200 e. The van der Waals surface area contributed by atoms with Gasteiger partial charge in [-0.25, -0.2) is 0 Å². The quantitative estimate of drug-likeness (QED) is 0.418. The Morgan fingerprint density at radius 1 is 0.963 bits per heavy atom. The van der Waals surface area contributed by atoms with Gasteiger partial charge in [-0.3, -0.25) is 4.57 Å². The van der Waals surface area contributed by atoms with E-state index in [2.05, 4.69) is 71.1 Å². The Morgan fingerprint density at radius 2 is 1.81 bits per heavy atom. The highest BCUT2D eigenvalue weighted by atomic mass is 32.2. The Balaban J connectivity index is 1.64. The summed E-state index contributed by atoms with van der Waals surface area (Å²) in [7, 11) is 0. The molecule has 0 radical (unpaired) electrons. The normalized spacial score (nSPS) is 11.0. The molecular weight excluding hydrogens is 354 g/mol. The molecule has 2 aromatic carbocycles. The molecule has 2 aromatic heterocycles. The highest BCUT2D eigenvalue weighted by molar-refractivity contribution is 7.98. The molecule has 0 saturated heterocycles. The van der Waals surface area contributed by atoms with Crippen molar-refractivity contribution in [1.82, 2.24) is 14.8 Å². The Morgan fingerprint density at radius 3 is 2.59 bits per heavy atom. The minimum atomic E-state index is 0.707. The summed E-state index contributed by atoms with van der Waals surface area (Å²) in [5.74, 6) is 2.35. The monoisotopic (exact) mass is 375 g/mol. The molecule has 0 N–H and O–H groups in total. The number of hydrogen-bond donors (Lipinski definition) is 0. The summed E-state index contributed by atoms with van der Waals surface area (Å²) < 4.78 is 7.71. The molecule has 0 fully saturated rings. The van der Waals surface area contributed by atoms with Crippen LogP contribution in [-0.4, -0.2) is 14.8 Å². The van der Waals surface area contributed by atoms with Crippen LogP contribution >= 0.6 is 11.8 Å². The first-order valence-electron chi connectivity index (χ1n) is 8.90. The van der Waals surface area contributed by atoms with Crippen molar-refractivity contribution in [3.8, 4) is 11.6 Å². The van der Waals surface area contributed by atoms with Gasteiger partial charge in [-0.15, -0.1) is 10.2 Å². The first-order chi connectivity index (χ1) is 13.2. The van der Waals surface area contributed by atoms with E-state index >= 15 is 0 Å². The average Bonchev–Trinajstić information content (AvgIpc) is 3.33. The van der Waals surface area contributed by atoms with E-state index in [1.807, 2.05) is 18.2 Å². The fourth-order valence-corrected chi connectivity index (χ4v) is 3.99. The van der Waals surface area contributed by atoms with E-state index in [4.69, 9.17) is 4.42 Å². The SMILES string of the molecule is Cc1ccc(C)c(CSc2nnc(-c3ccco3)n2Cc2ccccc2)c1. The molecule has 136 valence electrons. The lowest BCUT2D eigenvalue weighted by atomic mass is 10.1. The van der Waals surface area contributed by atoms with E-state index in [1.54, 1.807) is 18.0 Å². The summed E-state index contributed by atoms with van der Waals surface area (Å²) in [4.78, 5) is 0. The van der Waals surface area contributed by atoms with Crippen LogP contribution in [0, 0.1) is 13.8 Å². The van der Waals surface area contributed by atoms with Gasteiger partial charge in [0, 0.05) is 5.75 Å². The summed E-state index contributed by atoms with van der Waals surface area (Å²) >= 11 is 1.71. The van der Waals surface area contributed by atoms with Crippen LogP contribution < -0.4 is 0 Å². The number of furan rings is 1. The lowest BCUT2D eigenvalue weighted by molar-refractivity contribution is 0.569. The van der Waals surface area contributed by atoms with Crippen LogP contribution in [-0.2, 0) is 12.3 Å². The predicted molar refractivity (Wildman–Crippen MR) is 109 cm³/mol. The van der Waals surface area contributed by atoms with Crippen molar-refractivity contribution in [3.05, 3.63) is 89.2 Å². The topological polar surface area (TPSA) is 43.9 Å². The van der Waals surface area contributed by atoms with Crippen molar-refractivity contribution in [3.63, 3.8) is 0 Å². The molecule has 0 atom stereocenters. The minimum Gasteiger partial charge on any atom is -0.461 e. The molecule has 27 heavy (non-hydrogen) atoms. The van der Waals surface area contributed by atoms with Crippen LogP contribution in [0.1, 0.15) is 22.3 Å². The molecule has 0 amide bonds. The summed E-state index contributed by atoms with van der Waals surface area (Å²) in [5, 5.41) is 9.75. The zero-order chi connectivity index (χ0) is 18.6. The standard InChI is InChI=1S/C22H21N3OS/c1-16-10-11-17(2)19(13-16)15-27-22-24-23-21(20-9-6-12-26-20)25(22)14-18-7-4-3-5-8-18/h3-13H,14-15H2,1-2H3. The second-order valence-electron chi connectivity index (χ2n) is 6.57. The molecule has 0 bridgehead atoms. The molecule has 0 spiro atoms. The second kappa shape index (κ2) is 7.84. The number of rotatable bonds is 6. The Kier molecular flexibility index (Phi) is 5.12. The summed E-state index contributed by atoms with van der Waals surface area (Å²) in [5.41, 5.74) is 5.11. The van der Waals surface area contributed by atoms with Crippen molar-refractivity contribution in [2.24, 2.45) is 0 Å². The van der Waals surface area contributed by atoms with E-state index in [9.17, 15) is 0 Å². The van der Waals surface area contributed by atoms with Crippen molar-refractivity contribution in [2.45, 2.75) is 31.3 Å². The number of hydrogen-bond acceptors (Lipinski definition) is 4. The highest BCUT2D eigenvalue weighted by Crippen LogP contribution is 2.28. The third kappa shape index (κ3) is 3.98. The molecule has 4 aromatic rings. The molecular formula is C22H21N3OS. The van der Waals surface area contributed by atoms with Gasteiger partial charge in [0.2, 0.25) is 5.82 Å². The number of aryl methyl sites for hydroxylation is 2. The molecule has 4 nitrogen and oxygen atoms in total. The van der Waals surface area contributed by atoms with Crippen LogP contribution in [0.4, 0.5) is 0 Å². The molecule has 0 saturated carbocycles. The highest BCUT2D eigenvalue weighted by Gasteiger charge is 2.17. The largest absolute Gasteiger partial charge is 0.461 e. The molecule has 0 aliphatic heterocycles. The third-order valence-electron chi connectivity index (χ3n) is 4.50. The van der Waals surface area contributed by atoms with Gasteiger partial charge in [-0.05, 0) is 42.7 Å². The lowest BCUT2D eigenvalue weighted by Crippen LogP contribution is -2.04. The van der Waals surface area contributed by atoms with Crippen molar-refractivity contribution >= 4 is 11.8 Å². The van der Waals surface area contributed by atoms with Crippen molar-refractivity contribution < 1.29 is 4.42 Å². The summed E-state index contributed by atoms with van der Waals surface area (Å²) in [6, 6.07) is 20.7. The van der Waals surface area contributed by atoms with Crippen LogP contribution in [0.15, 0.2) is 76.5 Å². The lowest BCUT2D eigenvalue weighted by Gasteiger charge is -2.10. The molecule has 5 heteroatoms. The van der Waals surface area contributed by atoms with Crippen molar-refractivity contribution in [1.29, 1.82) is 0 Å². The van der Waals surface area contributed by atoms with E-state index in [0.29, 0.717) is 6.54 Å². The average molecular weight is 375 g/mol. The summed E-state index contributed by atoms with van der Waals surface area (Å²) in [6.07, 6.45) is 1.67. The molecule has 0 aliphatic rings. The maximum atomic E-state index is 5.58. The Bertz CT molecular complexity index is 1020. The Labute approximate surface area is 163 Å². The zero-order valence-corrected chi connectivity index (χ0v) is 16.2. The van der Waals surface area contributed by atoms with Crippen molar-refractivity contribution in [2.75, 3.05) is 0 Å².